The third-order valence-electron chi connectivity index (χ3n) is 6.71. The molecular weight excluding hydrogens is 445 g/mol. The summed E-state index contributed by atoms with van der Waals surface area (Å²) >= 11 is 0. The smallest absolute Gasteiger partial charge is 0.254 e. The van der Waals surface area contributed by atoms with Crippen LogP contribution in [0.3, 0.4) is 0 Å². The second-order valence-corrected chi connectivity index (χ2v) is 8.62. The molecule has 0 spiro atoms. The molecular formula is C25H29Cl2N3O2. The summed E-state index contributed by atoms with van der Waals surface area (Å²) in [4.78, 5) is 22.6. The van der Waals surface area contributed by atoms with Crippen molar-refractivity contribution >= 4 is 41.6 Å². The number of hydrogen-bond donors (Lipinski definition) is 0. The summed E-state index contributed by atoms with van der Waals surface area (Å²) in [5.74, 6) is 1.95. The fraction of sp³-hybridized carbons (Fsp3) is 0.360. The van der Waals surface area contributed by atoms with E-state index in [4.69, 9.17) is 4.74 Å². The van der Waals surface area contributed by atoms with Crippen LogP contribution in [0.15, 0.2) is 54.6 Å². The SMILES string of the molecule is COc1ccc([C@H]2[C@@H]3CN(C(=O)c4cc(C)nc5ccccc45)C[C@@H]3CN2C)cc1.Cl.Cl. The van der Waals surface area contributed by atoms with Crippen molar-refractivity contribution in [1.82, 2.24) is 14.8 Å². The molecule has 7 heteroatoms. The van der Waals surface area contributed by atoms with Gasteiger partial charge in [0.2, 0.25) is 0 Å². The molecule has 2 saturated heterocycles. The minimum atomic E-state index is 0. The van der Waals surface area contributed by atoms with Crippen molar-refractivity contribution in [3.05, 3.63) is 71.4 Å². The molecule has 5 rings (SSSR count). The maximum absolute atomic E-state index is 13.5. The summed E-state index contributed by atoms with van der Waals surface area (Å²) in [6.45, 7) is 4.58. The van der Waals surface area contributed by atoms with Gasteiger partial charge in [-0.25, -0.2) is 0 Å². The Bertz CT molecular complexity index is 1110. The third-order valence-corrected chi connectivity index (χ3v) is 6.71. The van der Waals surface area contributed by atoms with Crippen LogP contribution in [0.5, 0.6) is 5.75 Å². The lowest BCUT2D eigenvalue weighted by molar-refractivity contribution is 0.0769. The summed E-state index contributed by atoms with van der Waals surface area (Å²) in [5, 5.41) is 0.939. The van der Waals surface area contributed by atoms with Crippen LogP contribution in [-0.2, 0) is 0 Å². The summed E-state index contributed by atoms with van der Waals surface area (Å²) < 4.78 is 5.32. The molecule has 3 atom stereocenters. The number of benzene rings is 2. The zero-order chi connectivity index (χ0) is 20.8. The Balaban J connectivity index is 0.00000144. The summed E-state index contributed by atoms with van der Waals surface area (Å²) in [5.41, 5.74) is 3.83. The lowest BCUT2D eigenvalue weighted by Crippen LogP contribution is -2.33. The molecule has 2 fully saturated rings. The quantitative estimate of drug-likeness (QED) is 0.549. The van der Waals surface area contributed by atoms with Crippen LogP contribution in [0.4, 0.5) is 0 Å². The molecule has 2 aliphatic rings. The number of nitrogens with zero attached hydrogens (tertiary/aromatic N) is 3. The Morgan fingerprint density at radius 3 is 2.47 bits per heavy atom. The van der Waals surface area contributed by atoms with Crippen molar-refractivity contribution in [2.24, 2.45) is 11.8 Å². The number of carbonyl (C=O) groups is 1. The van der Waals surface area contributed by atoms with Gasteiger partial charge in [0.1, 0.15) is 5.75 Å². The minimum Gasteiger partial charge on any atom is -0.497 e. The van der Waals surface area contributed by atoms with Gasteiger partial charge in [-0.1, -0.05) is 30.3 Å². The molecule has 2 aromatic carbocycles. The molecule has 32 heavy (non-hydrogen) atoms. The Kier molecular flexibility index (Phi) is 7.33. The number of hydrogen-bond acceptors (Lipinski definition) is 4. The molecule has 3 heterocycles. The maximum Gasteiger partial charge on any atom is 0.254 e. The molecule has 170 valence electrons. The largest absolute Gasteiger partial charge is 0.497 e. The topological polar surface area (TPSA) is 45.7 Å². The number of fused-ring (bicyclic) bond motifs is 2. The number of methoxy groups -OCH3 is 1. The highest BCUT2D eigenvalue weighted by atomic mass is 35.5. The number of ether oxygens (including phenoxy) is 1. The van der Waals surface area contributed by atoms with Gasteiger partial charge in [-0.15, -0.1) is 24.8 Å². The van der Waals surface area contributed by atoms with Gasteiger partial charge in [-0.05, 0) is 49.7 Å². The molecule has 0 saturated carbocycles. The summed E-state index contributed by atoms with van der Waals surface area (Å²) in [7, 11) is 3.89. The van der Waals surface area contributed by atoms with Gasteiger partial charge in [0.05, 0.1) is 18.2 Å². The summed E-state index contributed by atoms with van der Waals surface area (Å²) in [6, 6.07) is 18.6. The predicted molar refractivity (Wildman–Crippen MR) is 132 cm³/mol. The highest BCUT2D eigenvalue weighted by Crippen LogP contribution is 2.44. The number of para-hydroxylation sites is 1. The summed E-state index contributed by atoms with van der Waals surface area (Å²) in [6.07, 6.45) is 0. The van der Waals surface area contributed by atoms with Crippen molar-refractivity contribution in [3.63, 3.8) is 0 Å². The first-order valence-electron chi connectivity index (χ1n) is 10.5. The Labute approximate surface area is 201 Å². The van der Waals surface area contributed by atoms with Gasteiger partial charge in [0, 0.05) is 42.7 Å². The monoisotopic (exact) mass is 473 g/mol. The van der Waals surface area contributed by atoms with E-state index in [1.165, 1.54) is 5.56 Å². The van der Waals surface area contributed by atoms with E-state index in [-0.39, 0.29) is 30.7 Å². The highest BCUT2D eigenvalue weighted by Gasteiger charge is 2.47. The molecule has 0 bridgehead atoms. The van der Waals surface area contributed by atoms with Crippen molar-refractivity contribution in [3.8, 4) is 5.75 Å². The molecule has 0 aliphatic carbocycles. The average Bonchev–Trinajstić information content (AvgIpc) is 3.29. The average molecular weight is 474 g/mol. The van der Waals surface area contributed by atoms with Crippen molar-refractivity contribution in [2.75, 3.05) is 33.8 Å². The number of carbonyl (C=O) groups excluding carboxylic acids is 1. The lowest BCUT2D eigenvalue weighted by Gasteiger charge is -2.27. The van der Waals surface area contributed by atoms with Crippen molar-refractivity contribution < 1.29 is 9.53 Å². The van der Waals surface area contributed by atoms with Crippen LogP contribution in [0.2, 0.25) is 0 Å². The van der Waals surface area contributed by atoms with Gasteiger partial charge >= 0.3 is 0 Å². The Morgan fingerprint density at radius 1 is 1.03 bits per heavy atom. The van der Waals surface area contributed by atoms with Crippen LogP contribution in [0, 0.1) is 18.8 Å². The molecule has 3 aromatic rings. The second-order valence-electron chi connectivity index (χ2n) is 8.62. The van der Waals surface area contributed by atoms with E-state index in [9.17, 15) is 4.79 Å². The number of aryl methyl sites for hydroxylation is 1. The van der Waals surface area contributed by atoms with Gasteiger partial charge in [0.25, 0.3) is 5.91 Å². The fourth-order valence-electron chi connectivity index (χ4n) is 5.38. The number of likely N-dealkylation sites (tertiary alicyclic amines) is 2. The number of halogens is 2. The highest BCUT2D eigenvalue weighted by molar-refractivity contribution is 6.06. The molecule has 0 unspecified atom stereocenters. The van der Waals surface area contributed by atoms with E-state index in [2.05, 4.69) is 34.0 Å². The molecule has 0 radical (unpaired) electrons. The molecule has 2 aliphatic heterocycles. The van der Waals surface area contributed by atoms with E-state index in [0.717, 1.165) is 47.5 Å². The number of amides is 1. The van der Waals surface area contributed by atoms with Gasteiger partial charge in [0.15, 0.2) is 0 Å². The van der Waals surface area contributed by atoms with Crippen LogP contribution in [0.25, 0.3) is 10.9 Å². The van der Waals surface area contributed by atoms with Gasteiger partial charge < -0.3 is 9.64 Å². The fourth-order valence-corrected chi connectivity index (χ4v) is 5.38. The first-order valence-corrected chi connectivity index (χ1v) is 10.5. The van der Waals surface area contributed by atoms with E-state index in [1.807, 2.05) is 49.4 Å². The van der Waals surface area contributed by atoms with E-state index >= 15 is 0 Å². The van der Waals surface area contributed by atoms with Gasteiger partial charge in [-0.2, -0.15) is 0 Å². The maximum atomic E-state index is 13.5. The van der Waals surface area contributed by atoms with Crippen molar-refractivity contribution in [2.45, 2.75) is 13.0 Å². The number of pyridine rings is 1. The Morgan fingerprint density at radius 2 is 1.75 bits per heavy atom. The predicted octanol–water partition coefficient (Wildman–Crippen LogP) is 4.77. The molecule has 5 nitrogen and oxygen atoms in total. The van der Waals surface area contributed by atoms with Crippen molar-refractivity contribution in [1.29, 1.82) is 0 Å². The van der Waals surface area contributed by atoms with Crippen LogP contribution < -0.4 is 4.74 Å². The zero-order valence-electron chi connectivity index (χ0n) is 18.5. The number of rotatable bonds is 3. The lowest BCUT2D eigenvalue weighted by atomic mass is 9.89. The molecule has 1 aromatic heterocycles. The first kappa shape index (κ1) is 24.3. The van der Waals surface area contributed by atoms with Crippen LogP contribution in [-0.4, -0.2) is 54.5 Å². The normalized spacial score (nSPS) is 22.2. The molecule has 0 N–H and O–H groups in total. The van der Waals surface area contributed by atoms with E-state index < -0.39 is 0 Å². The second kappa shape index (κ2) is 9.65. The Hall–Kier alpha value is -2.34. The van der Waals surface area contributed by atoms with Crippen LogP contribution in [0.1, 0.15) is 27.7 Å². The van der Waals surface area contributed by atoms with E-state index in [1.54, 1.807) is 7.11 Å². The van der Waals surface area contributed by atoms with E-state index in [0.29, 0.717) is 17.9 Å². The third kappa shape index (κ3) is 4.17. The standard InChI is InChI=1S/C25H27N3O2.2ClH/c1-16-12-21(20-6-4-5-7-23(20)26-16)25(29)28-14-18-13-27(2)24(22(18)15-28)17-8-10-19(30-3)11-9-17;;/h4-12,18,22,24H,13-15H2,1-3H3;2*1H/t18-,22+,24-;;/m0../s1. The zero-order valence-corrected chi connectivity index (χ0v) is 20.2. The first-order chi connectivity index (χ1) is 14.5. The molecule has 1 amide bonds. The minimum absolute atomic E-state index is 0. The van der Waals surface area contributed by atoms with Crippen LogP contribution >= 0.6 is 24.8 Å². The van der Waals surface area contributed by atoms with Gasteiger partial charge in [-0.3, -0.25) is 14.7 Å². The number of aromatic nitrogens is 1.